The van der Waals surface area contributed by atoms with Crippen LogP contribution >= 0.6 is 0 Å². The standard InChI is InChI=1S/C22H25.C2H7OSi.2ClH.Zr/c1-3-5-8-18-15-20-9-6-10-21(22(20)16-18)19-13-11-17(7-4-2)12-14-19;1-4(2)3;;;/h6,9-16H,3-5,7-8H2,1-2H3;3H,1-2H3;2*1H;/q-1;;;;+3/p-2. The van der Waals surface area contributed by atoms with E-state index in [0.29, 0.717) is 0 Å². The fraction of sp³-hybridized carbons (Fsp3) is 0.375. The zero-order chi connectivity index (χ0) is 18.9. The Labute approximate surface area is 210 Å². The molecule has 0 unspecified atom stereocenters. The summed E-state index contributed by atoms with van der Waals surface area (Å²) >= 11 is 0. The number of hydrogen-bond acceptors (Lipinski definition) is 1. The quantitative estimate of drug-likeness (QED) is 0.372. The molecular formula is C24H32Cl2OSiZr. The summed E-state index contributed by atoms with van der Waals surface area (Å²) in [6.07, 6.45) is 6.10. The summed E-state index contributed by atoms with van der Waals surface area (Å²) in [4.78, 5) is 8.16. The van der Waals surface area contributed by atoms with Crippen LogP contribution in [0.3, 0.4) is 0 Å². The second-order valence-electron chi connectivity index (χ2n) is 7.17. The fourth-order valence-corrected chi connectivity index (χ4v) is 3.21. The first kappa shape index (κ1) is 30.9. The molecule has 2 radical (unpaired) electrons. The van der Waals surface area contributed by atoms with Crippen LogP contribution in [0.2, 0.25) is 13.1 Å². The summed E-state index contributed by atoms with van der Waals surface area (Å²) in [5.74, 6) is 0. The molecule has 29 heavy (non-hydrogen) atoms. The van der Waals surface area contributed by atoms with Gasteiger partial charge in [-0.2, -0.15) is 6.07 Å². The van der Waals surface area contributed by atoms with Crippen molar-refractivity contribution in [2.45, 2.75) is 59.0 Å². The van der Waals surface area contributed by atoms with Crippen molar-refractivity contribution in [1.29, 1.82) is 0 Å². The first-order chi connectivity index (χ1) is 12.5. The molecule has 0 aliphatic rings. The number of aryl methyl sites for hydroxylation is 2. The van der Waals surface area contributed by atoms with Gasteiger partial charge < -0.3 is 29.6 Å². The smallest absolute Gasteiger partial charge is 1.00 e. The molecule has 1 N–H and O–H groups in total. The molecule has 3 aromatic carbocycles. The van der Waals surface area contributed by atoms with E-state index < -0.39 is 9.04 Å². The molecule has 5 heteroatoms. The third-order valence-corrected chi connectivity index (χ3v) is 4.43. The van der Waals surface area contributed by atoms with Gasteiger partial charge in [0.05, 0.1) is 0 Å². The molecule has 0 saturated carbocycles. The van der Waals surface area contributed by atoms with Gasteiger partial charge in [0, 0.05) is 0 Å². The Balaban J connectivity index is 0. The van der Waals surface area contributed by atoms with E-state index in [2.05, 4.69) is 68.4 Å². The number of halogens is 2. The van der Waals surface area contributed by atoms with Gasteiger partial charge >= 0.3 is 26.2 Å². The van der Waals surface area contributed by atoms with E-state index in [4.69, 9.17) is 4.80 Å². The van der Waals surface area contributed by atoms with Gasteiger partial charge in [-0.3, -0.25) is 0 Å². The van der Waals surface area contributed by atoms with Gasteiger partial charge in [-0.05, 0) is 37.1 Å². The van der Waals surface area contributed by atoms with E-state index in [1.54, 1.807) is 0 Å². The molecule has 0 aliphatic carbocycles. The number of rotatable bonds is 6. The maximum atomic E-state index is 8.16. The number of unbranched alkanes of at least 4 members (excludes halogenated alkanes) is 1. The Hall–Kier alpha value is -0.310. The van der Waals surface area contributed by atoms with Crippen LogP contribution in [0.4, 0.5) is 0 Å². The molecule has 156 valence electrons. The van der Waals surface area contributed by atoms with Crippen LogP contribution in [0.15, 0.2) is 54.6 Å². The van der Waals surface area contributed by atoms with Gasteiger partial charge in [0.1, 0.15) is 0 Å². The van der Waals surface area contributed by atoms with Gasteiger partial charge in [-0.1, -0.05) is 69.0 Å². The summed E-state index contributed by atoms with van der Waals surface area (Å²) in [6.45, 7) is 8.14. The van der Waals surface area contributed by atoms with E-state index in [-0.39, 0.29) is 51.0 Å². The van der Waals surface area contributed by atoms with Crippen molar-refractivity contribution in [2.75, 3.05) is 0 Å². The number of benzene rings is 2. The summed E-state index contributed by atoms with van der Waals surface area (Å²) in [7, 11) is -0.880. The molecule has 0 atom stereocenters. The van der Waals surface area contributed by atoms with Crippen LogP contribution in [0.1, 0.15) is 44.2 Å². The molecule has 0 aromatic heterocycles. The predicted octanol–water partition coefficient (Wildman–Crippen LogP) is 0.756. The zero-order valence-corrected chi connectivity index (χ0v) is 22.9. The zero-order valence-electron chi connectivity index (χ0n) is 17.9. The van der Waals surface area contributed by atoms with Crippen molar-refractivity contribution in [3.63, 3.8) is 0 Å². The van der Waals surface area contributed by atoms with E-state index in [1.165, 1.54) is 65.1 Å². The molecule has 0 bridgehead atoms. The maximum absolute atomic E-state index is 8.16. The second-order valence-corrected chi connectivity index (χ2v) is 9.06. The summed E-state index contributed by atoms with van der Waals surface area (Å²) in [6, 6.07) is 20.5. The van der Waals surface area contributed by atoms with Crippen LogP contribution in [0, 0.1) is 0 Å². The molecule has 0 fully saturated rings. The molecule has 0 amide bonds. The van der Waals surface area contributed by atoms with Crippen molar-refractivity contribution in [3.05, 3.63) is 65.7 Å². The monoisotopic (exact) mass is 524 g/mol. The molecule has 0 saturated heterocycles. The molecule has 0 spiro atoms. The third-order valence-electron chi connectivity index (χ3n) is 4.43. The van der Waals surface area contributed by atoms with Crippen molar-refractivity contribution in [1.82, 2.24) is 0 Å². The van der Waals surface area contributed by atoms with Crippen molar-refractivity contribution in [2.24, 2.45) is 0 Å². The summed E-state index contributed by atoms with van der Waals surface area (Å²) in [5.41, 5.74) is 5.61. The Morgan fingerprint density at radius 1 is 0.897 bits per heavy atom. The van der Waals surface area contributed by atoms with Gasteiger partial charge in [-0.15, -0.1) is 34.5 Å². The van der Waals surface area contributed by atoms with Crippen LogP contribution in [0.25, 0.3) is 21.9 Å². The van der Waals surface area contributed by atoms with Gasteiger partial charge in [0.2, 0.25) is 0 Å². The van der Waals surface area contributed by atoms with E-state index in [0.717, 1.165) is 0 Å². The van der Waals surface area contributed by atoms with Gasteiger partial charge in [-0.25, -0.2) is 0 Å². The normalized spacial score (nSPS) is 9.72. The molecular weight excluding hydrogens is 494 g/mol. The first-order valence-electron chi connectivity index (χ1n) is 9.82. The van der Waals surface area contributed by atoms with Crippen LogP contribution in [-0.4, -0.2) is 13.8 Å². The minimum absolute atomic E-state index is 0. The topological polar surface area (TPSA) is 20.2 Å². The summed E-state index contributed by atoms with van der Waals surface area (Å²) in [5, 5.41) is 2.78. The second kappa shape index (κ2) is 16.4. The number of hydrogen-bond donors (Lipinski definition) is 1. The third kappa shape index (κ3) is 10.0. The SMILES string of the molecule is CCCCc1cc2c(-c3ccc(CCC)cc3)cccc2[cH-]1.C[Si](C)O.[Cl-].[Cl-].[Zr+3]. The Morgan fingerprint density at radius 3 is 2.07 bits per heavy atom. The van der Waals surface area contributed by atoms with E-state index >= 15 is 0 Å². The molecule has 1 nitrogen and oxygen atoms in total. The Kier molecular flexibility index (Phi) is 17.5. The minimum Gasteiger partial charge on any atom is -1.00 e. The molecule has 3 rings (SSSR count). The average molecular weight is 527 g/mol. The van der Waals surface area contributed by atoms with Crippen LogP contribution in [0.5, 0.6) is 0 Å². The van der Waals surface area contributed by atoms with E-state index in [1.807, 2.05) is 13.1 Å². The summed E-state index contributed by atoms with van der Waals surface area (Å²) < 4.78 is 0. The van der Waals surface area contributed by atoms with Gasteiger partial charge in [0.25, 0.3) is 0 Å². The average Bonchev–Trinajstić information content (AvgIpc) is 3.03. The van der Waals surface area contributed by atoms with Crippen LogP contribution < -0.4 is 24.8 Å². The predicted molar refractivity (Wildman–Crippen MR) is 117 cm³/mol. The Morgan fingerprint density at radius 2 is 1.52 bits per heavy atom. The van der Waals surface area contributed by atoms with Crippen molar-refractivity contribution >= 4 is 19.8 Å². The minimum atomic E-state index is -0.880. The number of fused-ring (bicyclic) bond motifs is 1. The molecule has 0 heterocycles. The van der Waals surface area contributed by atoms with Crippen molar-refractivity contribution < 1.29 is 55.8 Å². The van der Waals surface area contributed by atoms with E-state index in [9.17, 15) is 0 Å². The maximum Gasteiger partial charge on any atom is 3.00 e. The molecule has 3 aromatic rings. The largest absolute Gasteiger partial charge is 3.00 e. The Bertz CT molecular complexity index is 797. The fourth-order valence-electron chi connectivity index (χ4n) is 3.21. The van der Waals surface area contributed by atoms with Gasteiger partial charge in [0.15, 0.2) is 9.04 Å². The first-order valence-corrected chi connectivity index (χ1v) is 12.3. The van der Waals surface area contributed by atoms with Crippen LogP contribution in [-0.2, 0) is 39.0 Å². The molecule has 0 aliphatic heterocycles. The van der Waals surface area contributed by atoms with Crippen molar-refractivity contribution in [3.8, 4) is 11.1 Å².